The minimum Gasteiger partial charge on any atom is -0.341 e. The molecule has 0 aliphatic carbocycles. The molecule has 1 unspecified atom stereocenters. The Balaban J connectivity index is 2.31. The van der Waals surface area contributed by atoms with Crippen LogP contribution in [0.25, 0.3) is 11.0 Å². The van der Waals surface area contributed by atoms with Gasteiger partial charge < -0.3 is 4.98 Å². The highest BCUT2D eigenvalue weighted by Gasteiger charge is 2.20. The van der Waals surface area contributed by atoms with Gasteiger partial charge in [-0.25, -0.2) is 4.98 Å². The maximum atomic E-state index is 4.81. The lowest BCUT2D eigenvalue weighted by Crippen LogP contribution is -2.30. The van der Waals surface area contributed by atoms with Crippen molar-refractivity contribution in [3.05, 3.63) is 29.6 Å². The average molecular weight is 273 g/mol. The second-order valence-corrected chi connectivity index (χ2v) is 5.60. The van der Waals surface area contributed by atoms with Gasteiger partial charge in [-0.2, -0.15) is 0 Å². The Labute approximate surface area is 122 Å². The molecule has 3 nitrogen and oxygen atoms in total. The van der Waals surface area contributed by atoms with Gasteiger partial charge in [0.15, 0.2) is 0 Å². The van der Waals surface area contributed by atoms with Crippen molar-refractivity contribution in [3.63, 3.8) is 0 Å². The molecule has 0 amide bonds. The first-order valence-corrected chi connectivity index (χ1v) is 7.89. The highest BCUT2D eigenvalue weighted by atomic mass is 15.2. The fourth-order valence-electron chi connectivity index (χ4n) is 2.92. The number of imidazole rings is 1. The van der Waals surface area contributed by atoms with Gasteiger partial charge in [-0.1, -0.05) is 26.8 Å². The van der Waals surface area contributed by atoms with Gasteiger partial charge in [0.05, 0.1) is 17.1 Å². The van der Waals surface area contributed by atoms with Gasteiger partial charge in [0.1, 0.15) is 5.82 Å². The lowest BCUT2D eigenvalue weighted by atomic mass is 10.1. The molecule has 0 fully saturated rings. The second kappa shape index (κ2) is 6.89. The van der Waals surface area contributed by atoms with E-state index in [1.54, 1.807) is 0 Å². The summed E-state index contributed by atoms with van der Waals surface area (Å²) in [6.07, 6.45) is 3.48. The Hall–Kier alpha value is -1.35. The molecule has 0 saturated carbocycles. The van der Waals surface area contributed by atoms with Crippen LogP contribution >= 0.6 is 0 Å². The molecule has 1 aromatic heterocycles. The third-order valence-electron chi connectivity index (χ3n) is 3.82. The molecule has 0 aliphatic rings. The standard InChI is InChI=1S/C17H27N3/c1-5-10-20(11-6-2)16(7-3)17-18-14-9-8-13(4)12-15(14)19-17/h8-9,12,16H,5-7,10-11H2,1-4H3,(H,18,19). The number of nitrogens with one attached hydrogen (secondary N) is 1. The number of aromatic amines is 1. The Morgan fingerprint density at radius 1 is 1.15 bits per heavy atom. The Bertz CT molecular complexity index is 538. The zero-order valence-electron chi connectivity index (χ0n) is 13.2. The van der Waals surface area contributed by atoms with Gasteiger partial charge in [-0.15, -0.1) is 0 Å². The summed E-state index contributed by atoms with van der Waals surface area (Å²) in [7, 11) is 0. The summed E-state index contributed by atoms with van der Waals surface area (Å²) in [5.74, 6) is 1.12. The molecule has 110 valence electrons. The molecule has 2 rings (SSSR count). The molecular formula is C17H27N3. The number of rotatable bonds is 7. The van der Waals surface area contributed by atoms with Crippen LogP contribution in [0, 0.1) is 6.92 Å². The van der Waals surface area contributed by atoms with Crippen LogP contribution in [0.4, 0.5) is 0 Å². The van der Waals surface area contributed by atoms with E-state index in [0.717, 1.165) is 36.4 Å². The van der Waals surface area contributed by atoms with Crippen molar-refractivity contribution in [2.24, 2.45) is 0 Å². The van der Waals surface area contributed by atoms with Gasteiger partial charge in [0, 0.05) is 0 Å². The topological polar surface area (TPSA) is 31.9 Å². The number of aromatic nitrogens is 2. The molecule has 2 aromatic rings. The Kier molecular flexibility index (Phi) is 5.18. The molecule has 0 aliphatic heterocycles. The lowest BCUT2D eigenvalue weighted by molar-refractivity contribution is 0.186. The van der Waals surface area contributed by atoms with Crippen LogP contribution in [0.15, 0.2) is 18.2 Å². The number of H-pyrrole nitrogens is 1. The molecule has 0 saturated heterocycles. The van der Waals surface area contributed by atoms with Crippen LogP contribution in [0.5, 0.6) is 0 Å². The van der Waals surface area contributed by atoms with Gasteiger partial charge in [-0.3, -0.25) is 4.90 Å². The molecule has 0 spiro atoms. The summed E-state index contributed by atoms with van der Waals surface area (Å²) in [6.45, 7) is 11.2. The predicted molar refractivity (Wildman–Crippen MR) is 86.0 cm³/mol. The molecule has 3 heteroatoms. The fraction of sp³-hybridized carbons (Fsp3) is 0.588. The van der Waals surface area contributed by atoms with Gasteiger partial charge in [0.25, 0.3) is 0 Å². The smallest absolute Gasteiger partial charge is 0.124 e. The quantitative estimate of drug-likeness (QED) is 0.808. The highest BCUT2D eigenvalue weighted by Crippen LogP contribution is 2.25. The largest absolute Gasteiger partial charge is 0.341 e. The van der Waals surface area contributed by atoms with Crippen molar-refractivity contribution >= 4 is 11.0 Å². The zero-order chi connectivity index (χ0) is 14.5. The minimum atomic E-state index is 0.405. The number of hydrogen-bond acceptors (Lipinski definition) is 2. The van der Waals surface area contributed by atoms with Crippen LogP contribution in [0.1, 0.15) is 57.5 Å². The van der Waals surface area contributed by atoms with E-state index in [4.69, 9.17) is 4.98 Å². The molecule has 0 bridgehead atoms. The number of fused-ring (bicyclic) bond motifs is 1. The van der Waals surface area contributed by atoms with Gasteiger partial charge >= 0.3 is 0 Å². The van der Waals surface area contributed by atoms with E-state index in [-0.39, 0.29) is 0 Å². The van der Waals surface area contributed by atoms with E-state index >= 15 is 0 Å². The van der Waals surface area contributed by atoms with Crippen LogP contribution in [-0.2, 0) is 0 Å². The van der Waals surface area contributed by atoms with Crippen LogP contribution in [0.3, 0.4) is 0 Å². The zero-order valence-corrected chi connectivity index (χ0v) is 13.2. The maximum absolute atomic E-state index is 4.81. The van der Waals surface area contributed by atoms with E-state index in [2.05, 4.69) is 55.8 Å². The summed E-state index contributed by atoms with van der Waals surface area (Å²) in [4.78, 5) is 10.9. The molecule has 1 N–H and O–H groups in total. The van der Waals surface area contributed by atoms with Gasteiger partial charge in [-0.05, 0) is 57.0 Å². The van der Waals surface area contributed by atoms with E-state index in [1.165, 1.54) is 18.4 Å². The average Bonchev–Trinajstić information content (AvgIpc) is 2.82. The maximum Gasteiger partial charge on any atom is 0.124 e. The number of benzene rings is 1. The molecule has 1 atom stereocenters. The number of hydrogen-bond donors (Lipinski definition) is 1. The van der Waals surface area contributed by atoms with E-state index in [0.29, 0.717) is 6.04 Å². The third-order valence-corrected chi connectivity index (χ3v) is 3.82. The molecule has 1 aromatic carbocycles. The van der Waals surface area contributed by atoms with E-state index in [1.807, 2.05) is 0 Å². The SMILES string of the molecule is CCCN(CCC)C(CC)c1nc2ccc(C)cc2[nH]1. The first-order valence-electron chi connectivity index (χ1n) is 7.89. The molecule has 0 radical (unpaired) electrons. The first kappa shape index (κ1) is 15.0. The van der Waals surface area contributed by atoms with Crippen molar-refractivity contribution in [3.8, 4) is 0 Å². The molecular weight excluding hydrogens is 246 g/mol. The summed E-state index contributed by atoms with van der Waals surface area (Å²) in [6, 6.07) is 6.83. The van der Waals surface area contributed by atoms with Crippen molar-refractivity contribution in [1.29, 1.82) is 0 Å². The highest BCUT2D eigenvalue weighted by molar-refractivity contribution is 5.75. The van der Waals surface area contributed by atoms with Crippen LogP contribution in [0.2, 0.25) is 0 Å². The molecule has 20 heavy (non-hydrogen) atoms. The van der Waals surface area contributed by atoms with Crippen molar-refractivity contribution in [2.75, 3.05) is 13.1 Å². The van der Waals surface area contributed by atoms with Crippen molar-refractivity contribution in [1.82, 2.24) is 14.9 Å². The van der Waals surface area contributed by atoms with Crippen LogP contribution in [-0.4, -0.2) is 28.0 Å². The molecule has 1 heterocycles. The van der Waals surface area contributed by atoms with Crippen molar-refractivity contribution in [2.45, 2.75) is 53.0 Å². The fourth-order valence-corrected chi connectivity index (χ4v) is 2.92. The first-order chi connectivity index (χ1) is 9.69. The Morgan fingerprint density at radius 3 is 2.45 bits per heavy atom. The second-order valence-electron chi connectivity index (χ2n) is 5.60. The van der Waals surface area contributed by atoms with E-state index < -0.39 is 0 Å². The number of aryl methyl sites for hydroxylation is 1. The van der Waals surface area contributed by atoms with Crippen molar-refractivity contribution < 1.29 is 0 Å². The Morgan fingerprint density at radius 2 is 1.85 bits per heavy atom. The van der Waals surface area contributed by atoms with Gasteiger partial charge in [0.2, 0.25) is 0 Å². The van der Waals surface area contributed by atoms with E-state index in [9.17, 15) is 0 Å². The summed E-state index contributed by atoms with van der Waals surface area (Å²) in [5, 5.41) is 0. The lowest BCUT2D eigenvalue weighted by Gasteiger charge is -2.29. The summed E-state index contributed by atoms with van der Waals surface area (Å²) >= 11 is 0. The van der Waals surface area contributed by atoms with Crippen LogP contribution < -0.4 is 0 Å². The monoisotopic (exact) mass is 273 g/mol. The minimum absolute atomic E-state index is 0.405. The predicted octanol–water partition coefficient (Wildman–Crippen LogP) is 4.44. The summed E-state index contributed by atoms with van der Waals surface area (Å²) < 4.78 is 0. The number of nitrogens with zero attached hydrogens (tertiary/aromatic N) is 2. The third kappa shape index (κ3) is 3.21. The summed E-state index contributed by atoms with van der Waals surface area (Å²) in [5.41, 5.74) is 3.52. The normalized spacial score (nSPS) is 13.2.